The lowest BCUT2D eigenvalue weighted by Gasteiger charge is -2.11. The van der Waals surface area contributed by atoms with E-state index < -0.39 is 0 Å². The van der Waals surface area contributed by atoms with E-state index in [1.54, 1.807) is 0 Å². The topological polar surface area (TPSA) is 12.0 Å². The molecule has 1 N–H and O–H groups in total. The molecule has 0 aliphatic heterocycles. The minimum absolute atomic E-state index is 0.733. The van der Waals surface area contributed by atoms with Gasteiger partial charge in [0.2, 0.25) is 0 Å². The van der Waals surface area contributed by atoms with Crippen molar-refractivity contribution in [3.63, 3.8) is 0 Å². The van der Waals surface area contributed by atoms with Crippen molar-refractivity contribution in [1.29, 1.82) is 0 Å². The Kier molecular flexibility index (Phi) is 4.31. The van der Waals surface area contributed by atoms with Crippen molar-refractivity contribution in [2.75, 3.05) is 5.32 Å². The van der Waals surface area contributed by atoms with Crippen molar-refractivity contribution in [3.05, 3.63) is 62.6 Å². The fourth-order valence-corrected chi connectivity index (χ4v) is 2.52. The number of hydrogen-bond donors (Lipinski definition) is 1. The highest BCUT2D eigenvalue weighted by molar-refractivity contribution is 9.10. The summed E-state index contributed by atoms with van der Waals surface area (Å²) in [4.78, 5) is 0. The van der Waals surface area contributed by atoms with Gasteiger partial charge in [0.1, 0.15) is 0 Å². The highest BCUT2D eigenvalue weighted by atomic mass is 79.9. The average molecular weight is 325 g/mol. The van der Waals surface area contributed by atoms with E-state index >= 15 is 0 Å². The Morgan fingerprint density at radius 3 is 2.61 bits per heavy atom. The van der Waals surface area contributed by atoms with Gasteiger partial charge in [-0.2, -0.15) is 0 Å². The maximum absolute atomic E-state index is 6.20. The molecule has 0 heterocycles. The first kappa shape index (κ1) is 13.4. The SMILES string of the molecule is Cc1ccc(C)c(NCc2ccc(Br)cc2Cl)c1. The third kappa shape index (κ3) is 3.27. The van der Waals surface area contributed by atoms with E-state index in [-0.39, 0.29) is 0 Å². The first-order valence-corrected chi connectivity index (χ1v) is 6.98. The number of hydrogen-bond acceptors (Lipinski definition) is 1. The van der Waals surface area contributed by atoms with Crippen molar-refractivity contribution in [2.45, 2.75) is 20.4 Å². The van der Waals surface area contributed by atoms with Crippen LogP contribution in [0.1, 0.15) is 16.7 Å². The van der Waals surface area contributed by atoms with Gasteiger partial charge in [0.15, 0.2) is 0 Å². The molecule has 18 heavy (non-hydrogen) atoms. The van der Waals surface area contributed by atoms with Crippen molar-refractivity contribution < 1.29 is 0 Å². The van der Waals surface area contributed by atoms with Gasteiger partial charge in [-0.1, -0.05) is 45.7 Å². The van der Waals surface area contributed by atoms with Gasteiger partial charge in [-0.3, -0.25) is 0 Å². The normalized spacial score (nSPS) is 10.4. The molecule has 2 aromatic rings. The molecule has 0 aliphatic rings. The summed E-state index contributed by atoms with van der Waals surface area (Å²) >= 11 is 9.61. The molecule has 0 atom stereocenters. The lowest BCUT2D eigenvalue weighted by Crippen LogP contribution is -2.01. The number of anilines is 1. The summed E-state index contributed by atoms with van der Waals surface area (Å²) in [7, 11) is 0. The summed E-state index contributed by atoms with van der Waals surface area (Å²) in [5.74, 6) is 0. The Morgan fingerprint density at radius 1 is 1.11 bits per heavy atom. The number of benzene rings is 2. The number of halogens is 2. The summed E-state index contributed by atoms with van der Waals surface area (Å²) in [6, 6.07) is 12.4. The smallest absolute Gasteiger partial charge is 0.0467 e. The lowest BCUT2D eigenvalue weighted by atomic mass is 10.1. The second kappa shape index (κ2) is 5.77. The largest absolute Gasteiger partial charge is 0.381 e. The molecular weight excluding hydrogens is 310 g/mol. The van der Waals surface area contributed by atoms with Gasteiger partial charge >= 0.3 is 0 Å². The summed E-state index contributed by atoms with van der Waals surface area (Å²) in [6.45, 7) is 4.93. The molecule has 1 nitrogen and oxygen atoms in total. The molecule has 0 aromatic heterocycles. The number of aryl methyl sites for hydroxylation is 2. The summed E-state index contributed by atoms with van der Waals surface area (Å²) in [5, 5.41) is 4.21. The second-order valence-electron chi connectivity index (χ2n) is 4.41. The fourth-order valence-electron chi connectivity index (χ4n) is 1.78. The molecule has 0 saturated carbocycles. The van der Waals surface area contributed by atoms with Crippen LogP contribution >= 0.6 is 27.5 Å². The van der Waals surface area contributed by atoms with E-state index in [0.717, 1.165) is 27.3 Å². The maximum Gasteiger partial charge on any atom is 0.0467 e. The van der Waals surface area contributed by atoms with Crippen LogP contribution in [-0.2, 0) is 6.54 Å². The van der Waals surface area contributed by atoms with Crippen LogP contribution < -0.4 is 5.32 Å². The van der Waals surface area contributed by atoms with E-state index in [1.807, 2.05) is 18.2 Å². The Hall–Kier alpha value is -0.990. The van der Waals surface area contributed by atoms with Gasteiger partial charge < -0.3 is 5.32 Å². The van der Waals surface area contributed by atoms with Crippen LogP contribution in [0, 0.1) is 13.8 Å². The summed E-state index contributed by atoms with van der Waals surface area (Å²) in [5.41, 5.74) is 4.76. The van der Waals surface area contributed by atoms with Crippen molar-refractivity contribution in [2.24, 2.45) is 0 Å². The van der Waals surface area contributed by atoms with Gasteiger partial charge in [0.25, 0.3) is 0 Å². The lowest BCUT2D eigenvalue weighted by molar-refractivity contribution is 1.14. The van der Waals surface area contributed by atoms with E-state index in [1.165, 1.54) is 11.1 Å². The molecule has 0 unspecified atom stereocenters. The van der Waals surface area contributed by atoms with Crippen molar-refractivity contribution >= 4 is 33.2 Å². The van der Waals surface area contributed by atoms with Crippen LogP contribution in [0.5, 0.6) is 0 Å². The predicted octanol–water partition coefficient (Wildman–Crippen LogP) is 5.33. The highest BCUT2D eigenvalue weighted by Gasteiger charge is 2.02. The van der Waals surface area contributed by atoms with Crippen molar-refractivity contribution in [3.8, 4) is 0 Å². The van der Waals surface area contributed by atoms with Crippen LogP contribution in [0.25, 0.3) is 0 Å². The Balaban J connectivity index is 2.13. The highest BCUT2D eigenvalue weighted by Crippen LogP contribution is 2.23. The predicted molar refractivity (Wildman–Crippen MR) is 82.4 cm³/mol. The fraction of sp³-hybridized carbons (Fsp3) is 0.200. The zero-order valence-corrected chi connectivity index (χ0v) is 12.8. The average Bonchev–Trinajstić information content (AvgIpc) is 2.32. The molecule has 0 fully saturated rings. The zero-order chi connectivity index (χ0) is 13.1. The van der Waals surface area contributed by atoms with Crippen LogP contribution in [0.4, 0.5) is 5.69 Å². The first-order chi connectivity index (χ1) is 8.56. The Bertz CT molecular complexity index is 566. The van der Waals surface area contributed by atoms with Crippen LogP contribution in [0.2, 0.25) is 5.02 Å². The summed E-state index contributed by atoms with van der Waals surface area (Å²) in [6.07, 6.45) is 0. The standard InChI is InChI=1S/C15H15BrClN/c1-10-3-4-11(2)15(7-10)18-9-12-5-6-13(16)8-14(12)17/h3-8,18H,9H2,1-2H3. The van der Waals surface area contributed by atoms with Crippen LogP contribution in [0.15, 0.2) is 40.9 Å². The third-order valence-corrected chi connectivity index (χ3v) is 3.72. The Labute approximate surface area is 121 Å². The molecule has 0 aliphatic carbocycles. The number of nitrogens with one attached hydrogen (secondary N) is 1. The molecule has 94 valence electrons. The van der Waals surface area contributed by atoms with Gasteiger partial charge in [0.05, 0.1) is 0 Å². The van der Waals surface area contributed by atoms with Gasteiger partial charge in [-0.05, 0) is 48.7 Å². The molecule has 2 rings (SSSR count). The molecule has 0 amide bonds. The van der Waals surface area contributed by atoms with E-state index in [2.05, 4.69) is 53.3 Å². The van der Waals surface area contributed by atoms with E-state index in [4.69, 9.17) is 11.6 Å². The number of rotatable bonds is 3. The van der Waals surface area contributed by atoms with Gasteiger partial charge in [0, 0.05) is 21.7 Å². The minimum atomic E-state index is 0.733. The quantitative estimate of drug-likeness (QED) is 0.804. The van der Waals surface area contributed by atoms with E-state index in [0.29, 0.717) is 0 Å². The maximum atomic E-state index is 6.20. The molecule has 0 spiro atoms. The van der Waals surface area contributed by atoms with E-state index in [9.17, 15) is 0 Å². The van der Waals surface area contributed by atoms with Gasteiger partial charge in [-0.15, -0.1) is 0 Å². The summed E-state index contributed by atoms with van der Waals surface area (Å²) < 4.78 is 1.00. The van der Waals surface area contributed by atoms with Crippen LogP contribution in [-0.4, -0.2) is 0 Å². The Morgan fingerprint density at radius 2 is 1.89 bits per heavy atom. The monoisotopic (exact) mass is 323 g/mol. The first-order valence-electron chi connectivity index (χ1n) is 5.81. The van der Waals surface area contributed by atoms with Crippen molar-refractivity contribution in [1.82, 2.24) is 0 Å². The minimum Gasteiger partial charge on any atom is -0.381 e. The molecule has 0 saturated heterocycles. The second-order valence-corrected chi connectivity index (χ2v) is 5.73. The molecule has 0 radical (unpaired) electrons. The zero-order valence-electron chi connectivity index (χ0n) is 10.4. The molecule has 0 bridgehead atoms. The van der Waals surface area contributed by atoms with Crippen LogP contribution in [0.3, 0.4) is 0 Å². The molecule has 3 heteroatoms. The molecular formula is C15H15BrClN. The molecule has 2 aromatic carbocycles. The third-order valence-electron chi connectivity index (χ3n) is 2.88. The van der Waals surface area contributed by atoms with Gasteiger partial charge in [-0.25, -0.2) is 0 Å².